The zero-order valence-electron chi connectivity index (χ0n) is 18.7. The molecule has 2 aliphatic rings. The number of phenolic OH excluding ortho intramolecular Hbond substituents is 4. The van der Waals surface area contributed by atoms with Gasteiger partial charge in [-0.1, -0.05) is 27.7 Å². The maximum atomic E-state index is 10.7. The molecule has 1 spiro atoms. The minimum Gasteiger partial charge on any atom is -0.504 e. The fourth-order valence-corrected chi connectivity index (χ4v) is 7.05. The van der Waals surface area contributed by atoms with E-state index in [0.29, 0.717) is 11.1 Å². The molecule has 2 aliphatic carbocycles. The van der Waals surface area contributed by atoms with E-state index >= 15 is 0 Å². The highest BCUT2D eigenvalue weighted by molar-refractivity contribution is 5.73. The van der Waals surface area contributed by atoms with Crippen molar-refractivity contribution in [3.63, 3.8) is 0 Å². The molecular formula is C25H32O4. The Morgan fingerprint density at radius 2 is 0.724 bits per heavy atom. The molecule has 0 radical (unpaired) electrons. The Balaban J connectivity index is 2.23. The van der Waals surface area contributed by atoms with Crippen molar-refractivity contribution in [1.29, 1.82) is 0 Å². The lowest BCUT2D eigenvalue weighted by Crippen LogP contribution is -2.28. The van der Waals surface area contributed by atoms with Crippen LogP contribution in [0.4, 0.5) is 0 Å². The van der Waals surface area contributed by atoms with Crippen molar-refractivity contribution in [3.8, 4) is 23.0 Å². The highest BCUT2D eigenvalue weighted by Crippen LogP contribution is 2.67. The van der Waals surface area contributed by atoms with Gasteiger partial charge in [0.15, 0.2) is 23.0 Å². The van der Waals surface area contributed by atoms with Crippen molar-refractivity contribution in [2.75, 3.05) is 0 Å². The van der Waals surface area contributed by atoms with Gasteiger partial charge in [0.05, 0.1) is 0 Å². The molecule has 0 atom stereocenters. The van der Waals surface area contributed by atoms with E-state index in [4.69, 9.17) is 0 Å². The summed E-state index contributed by atoms with van der Waals surface area (Å²) in [6.07, 6.45) is 1.64. The number of phenols is 4. The van der Waals surface area contributed by atoms with E-state index in [1.807, 2.05) is 27.7 Å². The van der Waals surface area contributed by atoms with Crippen LogP contribution in [0.2, 0.25) is 0 Å². The van der Waals surface area contributed by atoms with Crippen molar-refractivity contribution in [1.82, 2.24) is 0 Å². The number of benzene rings is 2. The number of fused-ring (bicyclic) bond motifs is 4. The number of hydrogen-bond donors (Lipinski definition) is 4. The van der Waals surface area contributed by atoms with Crippen LogP contribution in [0.15, 0.2) is 0 Å². The standard InChI is InChI=1S/C25H32O4/c1-11-15-17(13(3)21(28)19(11)26)25(9-23(15,5)6)10-24(7,8)16-12(2)20(27)22(29)14(4)18(16)25/h26-29H,9-10H2,1-8H3. The summed E-state index contributed by atoms with van der Waals surface area (Å²) in [5, 5.41) is 42.6. The summed E-state index contributed by atoms with van der Waals surface area (Å²) in [6, 6.07) is 0. The van der Waals surface area contributed by atoms with Gasteiger partial charge in [-0.25, -0.2) is 0 Å². The maximum absolute atomic E-state index is 10.7. The monoisotopic (exact) mass is 396 g/mol. The average molecular weight is 397 g/mol. The molecule has 0 aliphatic heterocycles. The van der Waals surface area contributed by atoms with E-state index in [-0.39, 0.29) is 33.8 Å². The smallest absolute Gasteiger partial charge is 0.160 e. The Morgan fingerprint density at radius 1 is 0.483 bits per heavy atom. The molecule has 0 amide bonds. The SMILES string of the molecule is Cc1c(O)c(O)c(C)c2c1C(C)(C)CC21CC(C)(C)c2c(C)c(O)c(O)c(C)c21. The van der Waals surface area contributed by atoms with Crippen LogP contribution in [0.3, 0.4) is 0 Å². The number of rotatable bonds is 0. The molecule has 0 aromatic heterocycles. The van der Waals surface area contributed by atoms with Crippen LogP contribution in [-0.2, 0) is 16.2 Å². The first-order valence-electron chi connectivity index (χ1n) is 10.3. The van der Waals surface area contributed by atoms with Crippen molar-refractivity contribution < 1.29 is 20.4 Å². The van der Waals surface area contributed by atoms with Gasteiger partial charge in [0.25, 0.3) is 0 Å². The second kappa shape index (κ2) is 5.41. The molecule has 156 valence electrons. The average Bonchev–Trinajstić information content (AvgIpc) is 2.99. The van der Waals surface area contributed by atoms with Gasteiger partial charge in [0, 0.05) is 5.41 Å². The third kappa shape index (κ3) is 2.15. The van der Waals surface area contributed by atoms with Crippen molar-refractivity contribution in [3.05, 3.63) is 44.5 Å². The Hall–Kier alpha value is -2.36. The third-order valence-electron chi connectivity index (χ3n) is 7.67. The van der Waals surface area contributed by atoms with Gasteiger partial charge in [-0.15, -0.1) is 0 Å². The lowest BCUT2D eigenvalue weighted by Gasteiger charge is -2.32. The summed E-state index contributed by atoms with van der Waals surface area (Å²) in [7, 11) is 0. The zero-order chi connectivity index (χ0) is 21.8. The number of aromatic hydroxyl groups is 4. The summed E-state index contributed by atoms with van der Waals surface area (Å²) in [4.78, 5) is 0. The van der Waals surface area contributed by atoms with Crippen LogP contribution in [0.5, 0.6) is 23.0 Å². The fourth-order valence-electron chi connectivity index (χ4n) is 7.05. The van der Waals surface area contributed by atoms with Gasteiger partial charge in [-0.05, 0) is 95.9 Å². The normalized spacial score (nSPS) is 20.1. The van der Waals surface area contributed by atoms with E-state index < -0.39 is 5.41 Å². The second-order valence-corrected chi connectivity index (χ2v) is 10.6. The molecule has 29 heavy (non-hydrogen) atoms. The quantitative estimate of drug-likeness (QED) is 0.450. The Labute approximate surface area is 172 Å². The summed E-state index contributed by atoms with van der Waals surface area (Å²) >= 11 is 0. The second-order valence-electron chi connectivity index (χ2n) is 10.6. The van der Waals surface area contributed by atoms with E-state index in [1.54, 1.807) is 0 Å². The third-order valence-corrected chi connectivity index (χ3v) is 7.67. The Bertz CT molecular complexity index is 1000. The highest BCUT2D eigenvalue weighted by atomic mass is 16.3. The molecule has 4 nitrogen and oxygen atoms in total. The summed E-state index contributed by atoms with van der Waals surface area (Å²) in [5.41, 5.74) is 6.42. The molecule has 0 saturated carbocycles. The molecule has 0 bridgehead atoms. The van der Waals surface area contributed by atoms with Crippen LogP contribution in [0, 0.1) is 27.7 Å². The topological polar surface area (TPSA) is 80.9 Å². The molecule has 0 saturated heterocycles. The molecule has 4 heteroatoms. The van der Waals surface area contributed by atoms with Crippen LogP contribution in [-0.4, -0.2) is 20.4 Å². The Kier molecular flexibility index (Phi) is 3.72. The van der Waals surface area contributed by atoms with E-state index in [2.05, 4.69) is 27.7 Å². The molecule has 0 unspecified atom stereocenters. The lowest BCUT2D eigenvalue weighted by atomic mass is 9.70. The van der Waals surface area contributed by atoms with Gasteiger partial charge in [0.2, 0.25) is 0 Å². The van der Waals surface area contributed by atoms with Gasteiger partial charge in [-0.2, -0.15) is 0 Å². The predicted octanol–water partition coefficient (Wildman–Crippen LogP) is 5.39. The Morgan fingerprint density at radius 3 is 1.00 bits per heavy atom. The maximum Gasteiger partial charge on any atom is 0.160 e. The van der Waals surface area contributed by atoms with Gasteiger partial charge in [-0.3, -0.25) is 0 Å². The first kappa shape index (κ1) is 19.9. The predicted molar refractivity (Wildman–Crippen MR) is 115 cm³/mol. The van der Waals surface area contributed by atoms with Gasteiger partial charge in [0.1, 0.15) is 0 Å². The first-order chi connectivity index (χ1) is 13.2. The van der Waals surface area contributed by atoms with Crippen molar-refractivity contribution >= 4 is 0 Å². The first-order valence-corrected chi connectivity index (χ1v) is 10.3. The van der Waals surface area contributed by atoms with E-state index in [9.17, 15) is 20.4 Å². The molecule has 0 heterocycles. The summed E-state index contributed by atoms with van der Waals surface area (Å²) in [6.45, 7) is 16.3. The summed E-state index contributed by atoms with van der Waals surface area (Å²) in [5.74, 6) is -0.181. The minimum atomic E-state index is -0.391. The van der Waals surface area contributed by atoms with Crippen molar-refractivity contribution in [2.45, 2.75) is 84.5 Å². The molecule has 4 N–H and O–H groups in total. The molecule has 0 fully saturated rings. The summed E-state index contributed by atoms with van der Waals surface area (Å²) < 4.78 is 0. The fraction of sp³-hybridized carbons (Fsp3) is 0.520. The van der Waals surface area contributed by atoms with Crippen LogP contribution in [0.1, 0.15) is 85.0 Å². The minimum absolute atomic E-state index is 0.0367. The molecule has 2 aromatic rings. The van der Waals surface area contributed by atoms with E-state index in [0.717, 1.165) is 46.2 Å². The largest absolute Gasteiger partial charge is 0.504 e. The van der Waals surface area contributed by atoms with Crippen LogP contribution >= 0.6 is 0 Å². The van der Waals surface area contributed by atoms with Crippen LogP contribution < -0.4 is 0 Å². The number of hydrogen-bond acceptors (Lipinski definition) is 4. The van der Waals surface area contributed by atoms with E-state index in [1.165, 1.54) is 0 Å². The van der Waals surface area contributed by atoms with Gasteiger partial charge >= 0.3 is 0 Å². The molecule has 4 rings (SSSR count). The molecule has 2 aromatic carbocycles. The van der Waals surface area contributed by atoms with Gasteiger partial charge < -0.3 is 20.4 Å². The lowest BCUT2D eigenvalue weighted by molar-refractivity contribution is 0.347. The van der Waals surface area contributed by atoms with Crippen LogP contribution in [0.25, 0.3) is 0 Å². The molecular weight excluding hydrogens is 364 g/mol. The highest BCUT2D eigenvalue weighted by Gasteiger charge is 2.59. The van der Waals surface area contributed by atoms with Crippen molar-refractivity contribution in [2.24, 2.45) is 0 Å². The zero-order valence-corrected chi connectivity index (χ0v) is 18.7.